The number of aromatic carboxylic acids is 2. The number of carboxylic acids is 2. The molecule has 1 aromatic carbocycles. The summed E-state index contributed by atoms with van der Waals surface area (Å²) in [7, 11) is 0. The van der Waals surface area contributed by atoms with Crippen LogP contribution in [0.15, 0.2) is 24.3 Å². The smallest absolute Gasteiger partial charge is 0.0739 e. The Morgan fingerprint density at radius 3 is 1.32 bits per heavy atom. The number of carbonyl (C=O) groups is 2. The summed E-state index contributed by atoms with van der Waals surface area (Å²) >= 11 is 0. The summed E-state index contributed by atoms with van der Waals surface area (Å²) in [5, 5.41) is 20.6. The Morgan fingerprint density at radius 2 is 1.18 bits per heavy atom. The molecule has 0 aliphatic carbocycles. The van der Waals surface area contributed by atoms with Gasteiger partial charge in [0.05, 0.1) is 25.0 Å². The monoisotopic (exact) mass is 312 g/mol. The first-order valence-electron chi connectivity index (χ1n) is 7.56. The normalized spacial score (nSPS) is 8.91. The molecule has 126 valence electrons. The fourth-order valence-corrected chi connectivity index (χ4v) is 1.34. The van der Waals surface area contributed by atoms with Gasteiger partial charge in [0.15, 0.2) is 0 Å². The predicted octanol–water partition coefficient (Wildman–Crippen LogP) is -1.53. The number of hydrogen-bond donors (Lipinski definition) is 2. The van der Waals surface area contributed by atoms with Crippen LogP contribution in [0.4, 0.5) is 0 Å². The van der Waals surface area contributed by atoms with E-state index < -0.39 is 11.9 Å². The van der Waals surface area contributed by atoms with Crippen LogP contribution in [0.25, 0.3) is 0 Å². The van der Waals surface area contributed by atoms with Crippen molar-refractivity contribution in [1.82, 2.24) is 0 Å². The van der Waals surface area contributed by atoms with Crippen LogP contribution in [0.1, 0.15) is 60.2 Å². The molecule has 0 aliphatic rings. The van der Waals surface area contributed by atoms with Gasteiger partial charge in [-0.25, -0.2) is 0 Å². The van der Waals surface area contributed by atoms with Gasteiger partial charge in [0.2, 0.25) is 0 Å². The molecule has 0 spiro atoms. The van der Waals surface area contributed by atoms with Gasteiger partial charge in [-0.15, -0.1) is 0 Å². The molecular weight excluding hydrogens is 284 g/mol. The van der Waals surface area contributed by atoms with Crippen molar-refractivity contribution in [3.05, 3.63) is 35.4 Å². The quantitative estimate of drug-likeness (QED) is 0.658. The fourth-order valence-electron chi connectivity index (χ4n) is 1.34. The molecule has 6 N–H and O–H groups in total. The molecule has 22 heavy (non-hydrogen) atoms. The Hall–Kier alpha value is -1.92. The minimum Gasteiger partial charge on any atom is -0.545 e. The third-order valence-electron chi connectivity index (χ3n) is 2.57. The van der Waals surface area contributed by atoms with Gasteiger partial charge < -0.3 is 31.3 Å². The lowest BCUT2D eigenvalue weighted by molar-refractivity contribution is -0.368. The number of unbranched alkanes of at least 4 members (excludes halogenated alkanes) is 2. The van der Waals surface area contributed by atoms with E-state index in [0.29, 0.717) is 0 Å². The van der Waals surface area contributed by atoms with Crippen LogP contribution in [-0.4, -0.2) is 25.0 Å². The van der Waals surface area contributed by atoms with Crippen LogP contribution in [0.5, 0.6) is 0 Å². The van der Waals surface area contributed by atoms with Crippen molar-refractivity contribution < 1.29 is 31.3 Å². The number of carboxylic acid groups (broad SMARTS) is 2. The number of carbonyl (C=O) groups excluding carboxylic acids is 2. The van der Waals surface area contributed by atoms with Crippen molar-refractivity contribution >= 4 is 11.9 Å². The van der Waals surface area contributed by atoms with Crippen molar-refractivity contribution in [2.45, 2.75) is 39.5 Å². The van der Waals surface area contributed by atoms with Gasteiger partial charge in [-0.05, 0) is 12.8 Å². The molecule has 0 saturated carbocycles. The van der Waals surface area contributed by atoms with Crippen LogP contribution in [0, 0.1) is 0 Å². The zero-order valence-electron chi connectivity index (χ0n) is 13.6. The Labute approximate surface area is 132 Å². The molecule has 6 heteroatoms. The van der Waals surface area contributed by atoms with Gasteiger partial charge in [0.25, 0.3) is 0 Å². The van der Waals surface area contributed by atoms with Gasteiger partial charge in [-0.1, -0.05) is 51.0 Å². The van der Waals surface area contributed by atoms with Crippen LogP contribution in [0.3, 0.4) is 0 Å². The van der Waals surface area contributed by atoms with Crippen LogP contribution in [-0.2, 0) is 0 Å². The second kappa shape index (κ2) is 15.5. The first-order valence-corrected chi connectivity index (χ1v) is 7.56. The Balaban J connectivity index is 0. The Morgan fingerprint density at radius 1 is 0.864 bits per heavy atom. The van der Waals surface area contributed by atoms with Gasteiger partial charge in [0, 0.05) is 11.1 Å². The first kappa shape index (κ1) is 22.4. The fraction of sp³-hybridized carbons (Fsp3) is 0.500. The lowest BCUT2D eigenvalue weighted by Crippen LogP contribution is -2.49. The second-order valence-corrected chi connectivity index (χ2v) is 4.53. The summed E-state index contributed by atoms with van der Waals surface area (Å²) in [6, 6.07) is 5.14. The molecule has 0 aromatic heterocycles. The molecule has 6 nitrogen and oxygen atoms in total. The van der Waals surface area contributed by atoms with Gasteiger partial charge in [0.1, 0.15) is 0 Å². The maximum atomic E-state index is 10.3. The highest BCUT2D eigenvalue weighted by Crippen LogP contribution is 2.05. The van der Waals surface area contributed by atoms with E-state index in [9.17, 15) is 19.8 Å². The van der Waals surface area contributed by atoms with Crippen molar-refractivity contribution in [2.24, 2.45) is 0 Å². The maximum absolute atomic E-state index is 10.3. The van der Waals surface area contributed by atoms with Crippen molar-refractivity contribution in [2.75, 3.05) is 13.1 Å². The highest BCUT2D eigenvalue weighted by Gasteiger charge is 2.01. The zero-order valence-corrected chi connectivity index (χ0v) is 13.6. The van der Waals surface area contributed by atoms with E-state index in [2.05, 4.69) is 25.3 Å². The van der Waals surface area contributed by atoms with Gasteiger partial charge in [-0.2, -0.15) is 0 Å². The average molecular weight is 312 g/mol. The molecule has 0 atom stereocenters. The lowest BCUT2D eigenvalue weighted by atomic mass is 10.1. The SMILES string of the molecule is CCCC[NH3+].CCCC[NH3+].O=C([O-])c1ccccc1C(=O)[O-]. The molecule has 0 saturated heterocycles. The molecule has 0 amide bonds. The Kier molecular flexibility index (Phi) is 15.7. The third-order valence-corrected chi connectivity index (χ3v) is 2.57. The summed E-state index contributed by atoms with van der Waals surface area (Å²) in [6.07, 6.45) is 5.12. The van der Waals surface area contributed by atoms with Crippen LogP contribution < -0.4 is 21.7 Å². The predicted molar refractivity (Wildman–Crippen MR) is 80.4 cm³/mol. The standard InChI is InChI=1S/C8H6O4.2C4H11N/c9-7(10)5-3-1-2-4-6(5)8(11)12;2*1-2-3-4-5/h1-4H,(H,9,10)(H,11,12);2*2-5H2,1H3. The molecule has 0 bridgehead atoms. The largest absolute Gasteiger partial charge is 0.545 e. The van der Waals surface area contributed by atoms with E-state index in [4.69, 9.17) is 0 Å². The van der Waals surface area contributed by atoms with Gasteiger partial charge >= 0.3 is 0 Å². The van der Waals surface area contributed by atoms with Crippen LogP contribution >= 0.6 is 0 Å². The van der Waals surface area contributed by atoms with E-state index in [1.807, 2.05) is 0 Å². The first-order chi connectivity index (χ1) is 10.5. The average Bonchev–Trinajstić information content (AvgIpc) is 2.50. The summed E-state index contributed by atoms with van der Waals surface area (Å²) < 4.78 is 0. The molecule has 0 heterocycles. The van der Waals surface area contributed by atoms with Gasteiger partial charge in [-0.3, -0.25) is 0 Å². The number of hydrogen-bond acceptors (Lipinski definition) is 4. The van der Waals surface area contributed by atoms with E-state index in [-0.39, 0.29) is 11.1 Å². The van der Waals surface area contributed by atoms with Crippen molar-refractivity contribution in [3.8, 4) is 0 Å². The van der Waals surface area contributed by atoms with Crippen LogP contribution in [0.2, 0.25) is 0 Å². The minimum absolute atomic E-state index is 0.363. The molecular formula is C16H28N2O4. The lowest BCUT2D eigenvalue weighted by Gasteiger charge is -2.09. The topological polar surface area (TPSA) is 136 Å². The highest BCUT2D eigenvalue weighted by molar-refractivity contribution is 5.99. The third kappa shape index (κ3) is 11.9. The number of rotatable bonds is 6. The van der Waals surface area contributed by atoms with E-state index in [1.165, 1.54) is 37.8 Å². The molecule has 1 rings (SSSR count). The minimum atomic E-state index is -1.52. The number of benzene rings is 1. The van der Waals surface area contributed by atoms with E-state index >= 15 is 0 Å². The molecule has 0 radical (unpaired) electrons. The summed E-state index contributed by atoms with van der Waals surface area (Å²) in [4.78, 5) is 20.6. The van der Waals surface area contributed by atoms with Crippen molar-refractivity contribution in [3.63, 3.8) is 0 Å². The summed E-state index contributed by atoms with van der Waals surface area (Å²) in [5.74, 6) is -3.04. The maximum Gasteiger partial charge on any atom is 0.0739 e. The molecule has 1 aromatic rings. The highest BCUT2D eigenvalue weighted by atomic mass is 16.4. The summed E-state index contributed by atoms with van der Waals surface area (Å²) in [6.45, 7) is 6.53. The molecule has 0 fully saturated rings. The van der Waals surface area contributed by atoms with E-state index in [1.54, 1.807) is 0 Å². The summed E-state index contributed by atoms with van der Waals surface area (Å²) in [5.41, 5.74) is 6.62. The van der Waals surface area contributed by atoms with E-state index in [0.717, 1.165) is 25.2 Å². The van der Waals surface area contributed by atoms with Crippen molar-refractivity contribution in [1.29, 1.82) is 0 Å². The number of quaternary nitrogens is 2. The molecule has 0 unspecified atom stereocenters. The second-order valence-electron chi connectivity index (χ2n) is 4.53. The Bertz CT molecular complexity index is 379. The molecule has 0 aliphatic heterocycles. The zero-order chi connectivity index (χ0) is 17.4.